The lowest BCUT2D eigenvalue weighted by Crippen LogP contribution is -2.83. The van der Waals surface area contributed by atoms with E-state index in [1.54, 1.807) is 14.0 Å². The van der Waals surface area contributed by atoms with E-state index in [4.69, 9.17) is 9.15 Å². The van der Waals surface area contributed by atoms with Crippen molar-refractivity contribution in [3.05, 3.63) is 77.6 Å². The van der Waals surface area contributed by atoms with E-state index in [-0.39, 0.29) is 0 Å². The van der Waals surface area contributed by atoms with Gasteiger partial charge >= 0.3 is 0 Å². The molecule has 4 heteroatoms. The number of nitrogens with two attached hydrogens (primary N) is 1. The van der Waals surface area contributed by atoms with Gasteiger partial charge in [0.15, 0.2) is 5.76 Å². The number of aliphatic hydroxyl groups is 1. The topological polar surface area (TPSA) is 59.2 Å². The second kappa shape index (κ2) is 8.70. The number of aliphatic hydroxyl groups excluding tert-OH is 1. The summed E-state index contributed by atoms with van der Waals surface area (Å²) in [6, 6.07) is 20.1. The van der Waals surface area contributed by atoms with Crippen molar-refractivity contribution in [2.75, 3.05) is 13.7 Å². The van der Waals surface area contributed by atoms with E-state index in [0.717, 1.165) is 47.9 Å². The average molecular weight is 352 g/mol. The molecule has 0 saturated carbocycles. The molecule has 0 aliphatic heterocycles. The molecule has 3 aromatic rings. The van der Waals surface area contributed by atoms with Crippen LogP contribution in [-0.4, -0.2) is 18.8 Å². The van der Waals surface area contributed by atoms with Crippen molar-refractivity contribution in [3.8, 4) is 17.1 Å². The van der Waals surface area contributed by atoms with E-state index in [1.165, 1.54) is 5.56 Å². The Kier molecular flexibility index (Phi) is 6.10. The molecule has 0 bridgehead atoms. The number of hydrogen-bond donors (Lipinski definition) is 2. The highest BCUT2D eigenvalue weighted by atomic mass is 16.5. The zero-order valence-electron chi connectivity index (χ0n) is 15.3. The van der Waals surface area contributed by atoms with Crippen LogP contribution in [0.5, 0.6) is 5.75 Å². The van der Waals surface area contributed by atoms with Crippen LogP contribution in [-0.2, 0) is 13.0 Å². The summed E-state index contributed by atoms with van der Waals surface area (Å²) in [5.74, 6) is 2.72. The van der Waals surface area contributed by atoms with Gasteiger partial charge in [0.05, 0.1) is 19.8 Å². The molecule has 1 atom stereocenters. The number of quaternary nitrogens is 1. The van der Waals surface area contributed by atoms with Crippen LogP contribution in [0.25, 0.3) is 11.3 Å². The minimum Gasteiger partial charge on any atom is -0.497 e. The SMILES string of the molecule is COc1ccc(CC[NH2+]Cc2ccc(-c3ccc([C@@H](C)O)cc3)o2)cc1. The van der Waals surface area contributed by atoms with Gasteiger partial charge in [0, 0.05) is 12.0 Å². The average Bonchev–Trinajstić information content (AvgIpc) is 3.15. The number of methoxy groups -OCH3 is 1. The van der Waals surface area contributed by atoms with E-state index >= 15 is 0 Å². The van der Waals surface area contributed by atoms with Gasteiger partial charge in [-0.3, -0.25) is 0 Å². The van der Waals surface area contributed by atoms with Crippen molar-refractivity contribution in [2.24, 2.45) is 0 Å². The highest BCUT2D eigenvalue weighted by Crippen LogP contribution is 2.23. The molecule has 0 amide bonds. The molecule has 2 aromatic carbocycles. The molecule has 0 aliphatic carbocycles. The molecular weight excluding hydrogens is 326 g/mol. The molecule has 0 spiro atoms. The molecule has 0 radical (unpaired) electrons. The minimum atomic E-state index is -0.448. The Morgan fingerprint density at radius 3 is 2.38 bits per heavy atom. The van der Waals surface area contributed by atoms with Crippen LogP contribution < -0.4 is 10.1 Å². The summed E-state index contributed by atoms with van der Waals surface area (Å²) in [6.07, 6.45) is 0.565. The van der Waals surface area contributed by atoms with Crippen LogP contribution in [0.3, 0.4) is 0 Å². The summed E-state index contributed by atoms with van der Waals surface area (Å²) in [5, 5.41) is 11.8. The quantitative estimate of drug-likeness (QED) is 0.612. The fourth-order valence-corrected chi connectivity index (χ4v) is 2.87. The van der Waals surface area contributed by atoms with Gasteiger partial charge in [0.1, 0.15) is 18.1 Å². The van der Waals surface area contributed by atoms with Gasteiger partial charge in [-0.25, -0.2) is 0 Å². The monoisotopic (exact) mass is 352 g/mol. The van der Waals surface area contributed by atoms with Crippen molar-refractivity contribution in [2.45, 2.75) is 26.0 Å². The first-order valence-corrected chi connectivity index (χ1v) is 8.97. The molecule has 1 heterocycles. The minimum absolute atomic E-state index is 0.448. The van der Waals surface area contributed by atoms with Crippen LogP contribution in [0.15, 0.2) is 65.1 Å². The molecule has 0 aliphatic rings. The third-order valence-electron chi connectivity index (χ3n) is 4.48. The van der Waals surface area contributed by atoms with Gasteiger partial charge in [-0.1, -0.05) is 36.4 Å². The third kappa shape index (κ3) is 4.75. The Morgan fingerprint density at radius 1 is 1.00 bits per heavy atom. The normalized spacial score (nSPS) is 12.1. The van der Waals surface area contributed by atoms with Crippen LogP contribution >= 0.6 is 0 Å². The van der Waals surface area contributed by atoms with Crippen LogP contribution in [0.2, 0.25) is 0 Å². The van der Waals surface area contributed by atoms with E-state index in [1.807, 2.05) is 48.5 Å². The maximum absolute atomic E-state index is 9.58. The van der Waals surface area contributed by atoms with Crippen molar-refractivity contribution in [1.82, 2.24) is 0 Å². The number of ether oxygens (including phenoxy) is 1. The summed E-state index contributed by atoms with van der Waals surface area (Å²) in [6.45, 7) is 3.59. The number of rotatable bonds is 8. The number of furan rings is 1. The summed E-state index contributed by atoms with van der Waals surface area (Å²) in [4.78, 5) is 0. The standard InChI is InChI=1S/C22H25NO3/c1-16(24)18-5-7-19(8-6-18)22-12-11-21(26-22)15-23-14-13-17-3-9-20(25-2)10-4-17/h3-12,16,23-24H,13-15H2,1-2H3/p+1/t16-/m1/s1. The molecule has 0 unspecified atom stereocenters. The van der Waals surface area contributed by atoms with Gasteiger partial charge in [-0.15, -0.1) is 0 Å². The fraction of sp³-hybridized carbons (Fsp3) is 0.273. The number of benzene rings is 2. The lowest BCUT2D eigenvalue weighted by Gasteiger charge is -2.05. The smallest absolute Gasteiger partial charge is 0.158 e. The first-order valence-electron chi connectivity index (χ1n) is 8.97. The Hall–Kier alpha value is -2.56. The largest absolute Gasteiger partial charge is 0.497 e. The molecule has 0 saturated heterocycles. The predicted molar refractivity (Wildman–Crippen MR) is 102 cm³/mol. The van der Waals surface area contributed by atoms with Crippen molar-refractivity contribution < 1.29 is 19.6 Å². The van der Waals surface area contributed by atoms with Crippen molar-refractivity contribution in [1.29, 1.82) is 0 Å². The molecule has 26 heavy (non-hydrogen) atoms. The van der Waals surface area contributed by atoms with E-state index in [2.05, 4.69) is 17.4 Å². The summed E-state index contributed by atoms with van der Waals surface area (Å²) in [7, 11) is 1.68. The molecule has 4 nitrogen and oxygen atoms in total. The van der Waals surface area contributed by atoms with Crippen LogP contribution in [0.4, 0.5) is 0 Å². The van der Waals surface area contributed by atoms with E-state index < -0.39 is 6.10 Å². The highest BCUT2D eigenvalue weighted by molar-refractivity contribution is 5.58. The fourth-order valence-electron chi connectivity index (χ4n) is 2.87. The van der Waals surface area contributed by atoms with Crippen LogP contribution in [0, 0.1) is 0 Å². The first-order chi connectivity index (χ1) is 12.7. The van der Waals surface area contributed by atoms with Gasteiger partial charge in [0.2, 0.25) is 0 Å². The second-order valence-corrected chi connectivity index (χ2v) is 6.44. The lowest BCUT2D eigenvalue weighted by molar-refractivity contribution is -0.671. The van der Waals surface area contributed by atoms with Gasteiger partial charge < -0.3 is 19.6 Å². The van der Waals surface area contributed by atoms with Gasteiger partial charge in [0.25, 0.3) is 0 Å². The Labute approximate surface area is 154 Å². The van der Waals surface area contributed by atoms with Gasteiger partial charge in [-0.05, 0) is 42.3 Å². The Balaban J connectivity index is 1.48. The molecule has 1 aromatic heterocycles. The van der Waals surface area contributed by atoms with Crippen LogP contribution in [0.1, 0.15) is 29.9 Å². The molecule has 3 rings (SSSR count). The van der Waals surface area contributed by atoms with Crippen molar-refractivity contribution in [3.63, 3.8) is 0 Å². The Bertz CT molecular complexity index is 804. The highest BCUT2D eigenvalue weighted by Gasteiger charge is 2.07. The first kappa shape index (κ1) is 18.2. The second-order valence-electron chi connectivity index (χ2n) is 6.44. The van der Waals surface area contributed by atoms with E-state index in [9.17, 15) is 5.11 Å². The predicted octanol–water partition coefficient (Wildman–Crippen LogP) is 3.31. The Morgan fingerprint density at radius 2 is 1.73 bits per heavy atom. The number of hydrogen-bond acceptors (Lipinski definition) is 3. The maximum atomic E-state index is 9.58. The third-order valence-corrected chi connectivity index (χ3v) is 4.48. The summed E-state index contributed by atoms with van der Waals surface area (Å²) in [5.41, 5.74) is 3.24. The van der Waals surface area contributed by atoms with Crippen molar-refractivity contribution >= 4 is 0 Å². The summed E-state index contributed by atoms with van der Waals surface area (Å²) >= 11 is 0. The zero-order valence-corrected chi connectivity index (χ0v) is 15.3. The molecule has 3 N–H and O–H groups in total. The van der Waals surface area contributed by atoms with E-state index in [0.29, 0.717) is 0 Å². The molecule has 136 valence electrons. The summed E-state index contributed by atoms with van der Waals surface area (Å²) < 4.78 is 11.1. The lowest BCUT2D eigenvalue weighted by atomic mass is 10.1. The maximum Gasteiger partial charge on any atom is 0.158 e. The molecular formula is C22H26NO3+. The molecule has 0 fully saturated rings. The van der Waals surface area contributed by atoms with Gasteiger partial charge in [-0.2, -0.15) is 0 Å². The zero-order chi connectivity index (χ0) is 18.4.